The first-order valence-electron chi connectivity index (χ1n) is 7.36. The molecule has 0 unspecified atom stereocenters. The minimum atomic E-state index is -3.53. The highest BCUT2D eigenvalue weighted by Gasteiger charge is 2.16. The van der Waals surface area contributed by atoms with Gasteiger partial charge in [0.2, 0.25) is 15.9 Å². The topological polar surface area (TPSA) is 104 Å². The minimum Gasteiger partial charge on any atom is -0.343 e. The summed E-state index contributed by atoms with van der Waals surface area (Å²) in [6.45, 7) is -0.582. The fourth-order valence-electron chi connectivity index (χ4n) is 2.02. The van der Waals surface area contributed by atoms with Crippen molar-refractivity contribution < 1.29 is 31.2 Å². The van der Waals surface area contributed by atoms with Crippen molar-refractivity contribution >= 4 is 33.2 Å². The minimum absolute atomic E-state index is 0.0652. The third-order valence-electron chi connectivity index (χ3n) is 3.15. The van der Waals surface area contributed by atoms with Crippen LogP contribution < -0.4 is 15.4 Å². The van der Waals surface area contributed by atoms with Gasteiger partial charge in [-0.3, -0.25) is 14.3 Å². The lowest BCUT2D eigenvalue weighted by Crippen LogP contribution is -2.33. The van der Waals surface area contributed by atoms with Gasteiger partial charge in [-0.1, -0.05) is 6.07 Å². The van der Waals surface area contributed by atoms with Crippen LogP contribution in [-0.2, 0) is 14.8 Å². The molecule has 0 aliphatic heterocycles. The molecule has 11 heteroatoms. The van der Waals surface area contributed by atoms with Crippen LogP contribution >= 0.6 is 0 Å². The van der Waals surface area contributed by atoms with E-state index in [2.05, 4.69) is 10.0 Å². The maximum atomic E-state index is 13.5. The molecule has 0 fully saturated rings. The van der Waals surface area contributed by atoms with Gasteiger partial charge in [0.1, 0.15) is 0 Å². The van der Waals surface area contributed by atoms with E-state index in [1.165, 1.54) is 24.3 Å². The average Bonchev–Trinajstić information content (AvgIpc) is 2.59. The maximum absolute atomic E-state index is 13.5. The molecule has 0 heterocycles. The monoisotopic (exact) mass is 401 g/mol. The predicted molar refractivity (Wildman–Crippen MR) is 92.2 cm³/mol. The lowest BCUT2D eigenvalue weighted by Gasteiger charge is -2.09. The third-order valence-corrected chi connectivity index (χ3v) is 3.75. The number of sulfonamides is 1. The number of amides is 2. The molecule has 2 aromatic rings. The van der Waals surface area contributed by atoms with E-state index in [9.17, 15) is 31.2 Å². The Morgan fingerprint density at radius 1 is 1.04 bits per heavy atom. The van der Waals surface area contributed by atoms with Crippen molar-refractivity contribution in [2.45, 2.75) is 0 Å². The van der Waals surface area contributed by atoms with Crippen LogP contribution in [0.25, 0.3) is 0 Å². The zero-order valence-electron chi connectivity index (χ0n) is 13.8. The Morgan fingerprint density at radius 3 is 2.41 bits per heavy atom. The van der Waals surface area contributed by atoms with Crippen LogP contribution in [0.2, 0.25) is 0 Å². The largest absolute Gasteiger partial charge is 0.343 e. The summed E-state index contributed by atoms with van der Waals surface area (Å²) in [6.07, 6.45) is 0.946. The number of anilines is 2. The third kappa shape index (κ3) is 5.71. The highest BCUT2D eigenvalue weighted by atomic mass is 32.2. The van der Waals surface area contributed by atoms with Gasteiger partial charge in [-0.15, -0.1) is 0 Å². The van der Waals surface area contributed by atoms with Crippen molar-refractivity contribution in [1.82, 2.24) is 5.32 Å². The summed E-state index contributed by atoms with van der Waals surface area (Å²) in [7, 11) is -3.53. The summed E-state index contributed by atoms with van der Waals surface area (Å²) < 4.78 is 64.0. The Labute approximate surface area is 152 Å². The van der Waals surface area contributed by atoms with Crippen molar-refractivity contribution in [2.75, 3.05) is 22.8 Å². The first-order chi connectivity index (χ1) is 12.6. The van der Waals surface area contributed by atoms with Crippen LogP contribution in [0, 0.1) is 17.5 Å². The number of hydrogen-bond acceptors (Lipinski definition) is 4. The quantitative estimate of drug-likeness (QED) is 0.643. The Hall–Kier alpha value is -3.08. The normalized spacial score (nSPS) is 11.0. The molecule has 2 rings (SSSR count). The van der Waals surface area contributed by atoms with Crippen LogP contribution in [0.3, 0.4) is 0 Å². The number of carbonyl (C=O) groups excluding carboxylic acids is 2. The molecule has 0 saturated carbocycles. The van der Waals surface area contributed by atoms with Gasteiger partial charge in [-0.2, -0.15) is 0 Å². The van der Waals surface area contributed by atoms with E-state index in [1.807, 2.05) is 5.32 Å². The van der Waals surface area contributed by atoms with Crippen LogP contribution in [0.5, 0.6) is 0 Å². The number of nitrogens with one attached hydrogen (secondary N) is 3. The van der Waals surface area contributed by atoms with E-state index >= 15 is 0 Å². The Bertz CT molecular complexity index is 996. The predicted octanol–water partition coefficient (Wildman–Crippen LogP) is 1.84. The summed E-state index contributed by atoms with van der Waals surface area (Å²) in [5.41, 5.74) is -0.360. The molecule has 27 heavy (non-hydrogen) atoms. The molecule has 0 atom stereocenters. The Balaban J connectivity index is 1.98. The summed E-state index contributed by atoms with van der Waals surface area (Å²) in [5, 5.41) is 4.24. The van der Waals surface area contributed by atoms with Gasteiger partial charge >= 0.3 is 0 Å². The zero-order valence-corrected chi connectivity index (χ0v) is 14.7. The molecule has 7 nitrogen and oxygen atoms in total. The summed E-state index contributed by atoms with van der Waals surface area (Å²) in [5.74, 6) is -6.27. The van der Waals surface area contributed by atoms with Crippen LogP contribution in [0.1, 0.15) is 10.4 Å². The van der Waals surface area contributed by atoms with Crippen molar-refractivity contribution in [3.05, 3.63) is 59.4 Å². The molecule has 0 bridgehead atoms. The van der Waals surface area contributed by atoms with Crippen molar-refractivity contribution in [2.24, 2.45) is 0 Å². The van der Waals surface area contributed by atoms with E-state index in [0.29, 0.717) is 6.07 Å². The smallest absolute Gasteiger partial charge is 0.251 e. The fourth-order valence-corrected chi connectivity index (χ4v) is 2.57. The molecular weight excluding hydrogens is 387 g/mol. The van der Waals surface area contributed by atoms with E-state index in [1.54, 1.807) is 0 Å². The van der Waals surface area contributed by atoms with Gasteiger partial charge in [0.25, 0.3) is 5.91 Å². The molecule has 0 saturated heterocycles. The Morgan fingerprint density at radius 2 is 1.74 bits per heavy atom. The lowest BCUT2D eigenvalue weighted by molar-refractivity contribution is -0.115. The van der Waals surface area contributed by atoms with Gasteiger partial charge < -0.3 is 10.6 Å². The fraction of sp³-hybridized carbons (Fsp3) is 0.125. The van der Waals surface area contributed by atoms with Crippen LogP contribution in [0.4, 0.5) is 24.5 Å². The molecule has 3 N–H and O–H groups in total. The number of benzene rings is 2. The molecule has 144 valence electrons. The van der Waals surface area contributed by atoms with Gasteiger partial charge in [0, 0.05) is 11.3 Å². The highest BCUT2D eigenvalue weighted by Crippen LogP contribution is 2.19. The number of rotatable bonds is 6. The van der Waals surface area contributed by atoms with Crippen LogP contribution in [-0.4, -0.2) is 33.0 Å². The van der Waals surface area contributed by atoms with Gasteiger partial charge in [-0.25, -0.2) is 21.6 Å². The van der Waals surface area contributed by atoms with Crippen molar-refractivity contribution in [1.29, 1.82) is 0 Å². The summed E-state index contributed by atoms with van der Waals surface area (Å²) in [4.78, 5) is 23.8. The van der Waals surface area contributed by atoms with Crippen molar-refractivity contribution in [3.63, 3.8) is 0 Å². The van der Waals surface area contributed by atoms with E-state index in [0.717, 1.165) is 12.3 Å². The van der Waals surface area contributed by atoms with Crippen LogP contribution in [0.15, 0.2) is 36.4 Å². The summed E-state index contributed by atoms with van der Waals surface area (Å²) in [6, 6.07) is 6.98. The van der Waals surface area contributed by atoms with E-state index < -0.39 is 51.5 Å². The lowest BCUT2D eigenvalue weighted by atomic mass is 10.2. The maximum Gasteiger partial charge on any atom is 0.251 e. The first kappa shape index (κ1) is 20.2. The second kappa shape index (κ2) is 8.08. The molecule has 0 aromatic heterocycles. The van der Waals surface area contributed by atoms with Gasteiger partial charge in [0.05, 0.1) is 18.5 Å². The number of hydrogen-bond donors (Lipinski definition) is 3. The van der Waals surface area contributed by atoms with E-state index in [-0.39, 0.29) is 11.3 Å². The summed E-state index contributed by atoms with van der Waals surface area (Å²) >= 11 is 0. The second-order valence-electron chi connectivity index (χ2n) is 5.41. The number of halogens is 3. The van der Waals surface area contributed by atoms with E-state index in [4.69, 9.17) is 0 Å². The van der Waals surface area contributed by atoms with Gasteiger partial charge in [-0.05, 0) is 30.3 Å². The highest BCUT2D eigenvalue weighted by molar-refractivity contribution is 7.92. The number of carbonyl (C=O) groups is 2. The zero-order chi connectivity index (χ0) is 20.2. The molecule has 0 spiro atoms. The molecule has 2 aromatic carbocycles. The first-order valence-corrected chi connectivity index (χ1v) is 9.25. The van der Waals surface area contributed by atoms with Crippen molar-refractivity contribution in [3.8, 4) is 0 Å². The second-order valence-corrected chi connectivity index (χ2v) is 7.16. The molecule has 0 radical (unpaired) electrons. The average molecular weight is 401 g/mol. The van der Waals surface area contributed by atoms with Gasteiger partial charge in [0.15, 0.2) is 17.5 Å². The molecule has 2 amide bonds. The molecule has 0 aliphatic rings. The SMILES string of the molecule is CS(=O)(=O)Nc1cccc(C(=O)NCC(=O)Nc2ccc(F)c(F)c2F)c1. The molecule has 0 aliphatic carbocycles. The molecular formula is C16H14F3N3O4S. The standard InChI is InChI=1S/C16H14F3N3O4S/c1-27(25,26)22-10-4-2-3-9(7-10)16(24)20-8-13(23)21-12-6-5-11(17)14(18)15(12)19/h2-7,22H,8H2,1H3,(H,20,24)(H,21,23). The Kier molecular flexibility index (Phi) is 6.05.